The summed E-state index contributed by atoms with van der Waals surface area (Å²) >= 11 is 3.23. The van der Waals surface area contributed by atoms with Gasteiger partial charge in [0.15, 0.2) is 0 Å². The molecule has 2 N–H and O–H groups in total. The standard InChI is InChI=1S/C18H23BrN2O3S/c19-15-3-1-2-4-16(15)25(23,24)21-20-17(22)11-18-8-12-5-13(9-18)7-14(6-12)10-18/h1-4,12-14,21H,5-11H2,(H,20,22). The van der Waals surface area contributed by atoms with Crippen molar-refractivity contribution in [3.63, 3.8) is 0 Å². The molecule has 0 aromatic heterocycles. The zero-order chi connectivity index (χ0) is 17.7. The van der Waals surface area contributed by atoms with Crippen LogP contribution >= 0.6 is 15.9 Å². The van der Waals surface area contributed by atoms with Gasteiger partial charge in [-0.05, 0) is 89.8 Å². The zero-order valence-electron chi connectivity index (χ0n) is 14.0. The van der Waals surface area contributed by atoms with Crippen molar-refractivity contribution in [2.45, 2.75) is 49.8 Å². The van der Waals surface area contributed by atoms with Crippen molar-refractivity contribution in [3.05, 3.63) is 28.7 Å². The molecule has 4 saturated carbocycles. The number of carbonyl (C=O) groups is 1. The SMILES string of the molecule is O=C(CC12CC3CC(CC(C3)C1)C2)NNS(=O)(=O)c1ccccc1Br. The molecule has 5 rings (SSSR count). The molecule has 1 aromatic rings. The molecular formula is C18H23BrN2O3S. The van der Waals surface area contributed by atoms with Crippen LogP contribution in [0.3, 0.4) is 0 Å². The molecule has 0 aliphatic heterocycles. The Balaban J connectivity index is 1.39. The second-order valence-corrected chi connectivity index (χ2v) is 10.7. The lowest BCUT2D eigenvalue weighted by Crippen LogP contribution is -2.50. The molecule has 0 spiro atoms. The maximum absolute atomic E-state index is 12.4. The Morgan fingerprint density at radius 1 is 1.08 bits per heavy atom. The van der Waals surface area contributed by atoms with Crippen LogP contribution in [0.5, 0.6) is 0 Å². The minimum absolute atomic E-state index is 0.0948. The van der Waals surface area contributed by atoms with Crippen LogP contribution in [-0.4, -0.2) is 14.3 Å². The number of carbonyl (C=O) groups excluding carboxylic acids is 1. The molecule has 1 amide bonds. The van der Waals surface area contributed by atoms with E-state index in [1.807, 2.05) is 0 Å². The molecule has 0 atom stereocenters. The van der Waals surface area contributed by atoms with Gasteiger partial charge in [0.25, 0.3) is 10.0 Å². The molecule has 25 heavy (non-hydrogen) atoms. The van der Waals surface area contributed by atoms with Gasteiger partial charge in [0.2, 0.25) is 5.91 Å². The van der Waals surface area contributed by atoms with Crippen molar-refractivity contribution in [2.24, 2.45) is 23.2 Å². The van der Waals surface area contributed by atoms with Crippen molar-refractivity contribution in [3.8, 4) is 0 Å². The zero-order valence-corrected chi connectivity index (χ0v) is 16.4. The normalized spacial score (nSPS) is 33.4. The minimum atomic E-state index is -3.78. The summed E-state index contributed by atoms with van der Waals surface area (Å²) < 4.78 is 25.2. The Bertz CT molecular complexity index is 758. The van der Waals surface area contributed by atoms with Crippen LogP contribution in [0.25, 0.3) is 0 Å². The maximum atomic E-state index is 12.4. The maximum Gasteiger partial charge on any atom is 0.258 e. The predicted molar refractivity (Wildman–Crippen MR) is 97.8 cm³/mol. The Morgan fingerprint density at radius 3 is 2.20 bits per heavy atom. The molecule has 1 aromatic carbocycles. The molecule has 7 heteroatoms. The Morgan fingerprint density at radius 2 is 1.64 bits per heavy atom. The van der Waals surface area contributed by atoms with E-state index in [4.69, 9.17) is 0 Å². The molecule has 0 radical (unpaired) electrons. The minimum Gasteiger partial charge on any atom is -0.278 e. The van der Waals surface area contributed by atoms with Gasteiger partial charge in [-0.3, -0.25) is 10.2 Å². The van der Waals surface area contributed by atoms with Gasteiger partial charge < -0.3 is 0 Å². The molecule has 136 valence electrons. The van der Waals surface area contributed by atoms with Crippen LogP contribution in [0.4, 0.5) is 0 Å². The fourth-order valence-corrected chi connectivity index (χ4v) is 7.60. The molecule has 4 bridgehead atoms. The van der Waals surface area contributed by atoms with E-state index in [-0.39, 0.29) is 16.2 Å². The number of nitrogens with one attached hydrogen (secondary N) is 2. The number of benzene rings is 1. The van der Waals surface area contributed by atoms with Crippen LogP contribution in [0.1, 0.15) is 44.9 Å². The van der Waals surface area contributed by atoms with E-state index >= 15 is 0 Å². The Hall–Kier alpha value is -0.920. The number of hydrogen-bond acceptors (Lipinski definition) is 3. The number of amides is 1. The molecule has 0 unspecified atom stereocenters. The first-order chi connectivity index (χ1) is 11.9. The van der Waals surface area contributed by atoms with Crippen LogP contribution < -0.4 is 10.3 Å². The summed E-state index contributed by atoms with van der Waals surface area (Å²) in [4.78, 5) is 14.8. The summed E-state index contributed by atoms with van der Waals surface area (Å²) in [5.74, 6) is 2.10. The highest BCUT2D eigenvalue weighted by Gasteiger charge is 2.51. The van der Waals surface area contributed by atoms with Crippen LogP contribution in [0.15, 0.2) is 33.6 Å². The van der Waals surface area contributed by atoms with Crippen molar-refractivity contribution in [1.82, 2.24) is 10.3 Å². The van der Waals surface area contributed by atoms with E-state index in [0.29, 0.717) is 10.9 Å². The highest BCUT2D eigenvalue weighted by molar-refractivity contribution is 9.10. The molecular weight excluding hydrogens is 404 g/mol. The summed E-state index contributed by atoms with van der Waals surface area (Å²) in [7, 11) is -3.78. The third-order valence-electron chi connectivity index (χ3n) is 6.15. The van der Waals surface area contributed by atoms with E-state index in [1.165, 1.54) is 25.3 Å². The van der Waals surface area contributed by atoms with Gasteiger partial charge in [0, 0.05) is 10.9 Å². The molecule has 4 fully saturated rings. The first kappa shape index (κ1) is 17.5. The number of rotatable bonds is 5. The van der Waals surface area contributed by atoms with Gasteiger partial charge in [-0.1, -0.05) is 12.1 Å². The molecule has 4 aliphatic rings. The van der Waals surface area contributed by atoms with E-state index in [9.17, 15) is 13.2 Å². The molecule has 0 saturated heterocycles. The quantitative estimate of drug-likeness (QED) is 0.708. The van der Waals surface area contributed by atoms with Crippen LogP contribution in [0.2, 0.25) is 0 Å². The summed E-state index contributed by atoms with van der Waals surface area (Å²) in [5.41, 5.74) is 2.52. The van der Waals surface area contributed by atoms with Crippen LogP contribution in [0, 0.1) is 23.2 Å². The predicted octanol–water partition coefficient (Wildman–Crippen LogP) is 3.37. The molecule has 4 aliphatic carbocycles. The lowest BCUT2D eigenvalue weighted by Gasteiger charge is -2.56. The number of hydrazine groups is 1. The first-order valence-electron chi connectivity index (χ1n) is 8.90. The smallest absolute Gasteiger partial charge is 0.258 e. The third-order valence-corrected chi connectivity index (χ3v) is 8.41. The largest absolute Gasteiger partial charge is 0.278 e. The third kappa shape index (κ3) is 3.51. The Labute approximate surface area is 157 Å². The Kier molecular flexibility index (Phi) is 4.45. The fourth-order valence-electron chi connectivity index (χ4n) is 5.73. The fraction of sp³-hybridized carbons (Fsp3) is 0.611. The number of sulfonamides is 1. The monoisotopic (exact) mass is 426 g/mol. The summed E-state index contributed by atoms with van der Waals surface area (Å²) in [6, 6.07) is 6.55. The summed E-state index contributed by atoms with van der Waals surface area (Å²) in [6.07, 6.45) is 7.80. The summed E-state index contributed by atoms with van der Waals surface area (Å²) in [6.45, 7) is 0. The van der Waals surface area contributed by atoms with Gasteiger partial charge in [0.05, 0.1) is 4.90 Å². The van der Waals surface area contributed by atoms with Crippen molar-refractivity contribution < 1.29 is 13.2 Å². The van der Waals surface area contributed by atoms with Crippen LogP contribution in [-0.2, 0) is 14.8 Å². The summed E-state index contributed by atoms with van der Waals surface area (Å²) in [5, 5.41) is 0. The average molecular weight is 427 g/mol. The van der Waals surface area contributed by atoms with E-state index in [0.717, 1.165) is 37.0 Å². The second kappa shape index (κ2) is 6.35. The average Bonchev–Trinajstić information content (AvgIpc) is 2.51. The first-order valence-corrected chi connectivity index (χ1v) is 11.2. The second-order valence-electron chi connectivity index (χ2n) is 8.18. The highest BCUT2D eigenvalue weighted by Crippen LogP contribution is 2.61. The van der Waals surface area contributed by atoms with Crippen molar-refractivity contribution >= 4 is 31.9 Å². The van der Waals surface area contributed by atoms with Gasteiger partial charge in [0.1, 0.15) is 0 Å². The van der Waals surface area contributed by atoms with E-state index in [1.54, 1.807) is 18.2 Å². The molecule has 0 heterocycles. The molecule has 5 nitrogen and oxygen atoms in total. The lowest BCUT2D eigenvalue weighted by molar-refractivity contribution is -0.129. The van der Waals surface area contributed by atoms with Gasteiger partial charge >= 0.3 is 0 Å². The topological polar surface area (TPSA) is 75.3 Å². The number of halogens is 1. The van der Waals surface area contributed by atoms with Crippen molar-refractivity contribution in [1.29, 1.82) is 0 Å². The number of hydrogen-bond donors (Lipinski definition) is 2. The lowest BCUT2D eigenvalue weighted by atomic mass is 9.49. The van der Waals surface area contributed by atoms with Gasteiger partial charge in [-0.25, -0.2) is 8.42 Å². The highest BCUT2D eigenvalue weighted by atomic mass is 79.9. The van der Waals surface area contributed by atoms with Crippen molar-refractivity contribution in [2.75, 3.05) is 0 Å². The van der Waals surface area contributed by atoms with Gasteiger partial charge in [-0.15, -0.1) is 4.83 Å². The van der Waals surface area contributed by atoms with E-state index < -0.39 is 10.0 Å². The van der Waals surface area contributed by atoms with E-state index in [2.05, 4.69) is 26.2 Å². The van der Waals surface area contributed by atoms with Gasteiger partial charge in [-0.2, -0.15) is 0 Å².